The van der Waals surface area contributed by atoms with Gasteiger partial charge in [0.2, 0.25) is 5.91 Å². The molecule has 176 valence electrons. The Morgan fingerprint density at radius 3 is 2.47 bits per heavy atom. The van der Waals surface area contributed by atoms with Gasteiger partial charge < -0.3 is 9.80 Å². The lowest BCUT2D eigenvalue weighted by atomic mass is 9.93. The van der Waals surface area contributed by atoms with Gasteiger partial charge in [0.1, 0.15) is 5.82 Å². The number of thiophene rings is 1. The van der Waals surface area contributed by atoms with Crippen LogP contribution in [0.1, 0.15) is 39.3 Å². The summed E-state index contributed by atoms with van der Waals surface area (Å²) < 4.78 is 14.6. The molecule has 0 bridgehead atoms. The van der Waals surface area contributed by atoms with Gasteiger partial charge in [0.25, 0.3) is 0 Å². The van der Waals surface area contributed by atoms with E-state index in [0.717, 1.165) is 13.0 Å². The number of fused-ring (bicyclic) bond motifs is 1. The Morgan fingerprint density at radius 2 is 1.76 bits per heavy atom. The Hall–Kier alpha value is -3.03. The van der Waals surface area contributed by atoms with E-state index < -0.39 is 5.82 Å². The molecule has 0 radical (unpaired) electrons. The zero-order valence-corrected chi connectivity index (χ0v) is 20.1. The number of Topliss-reactive ketones (excluding diaryl/α,β-unsaturated/α-hetero) is 1. The van der Waals surface area contributed by atoms with E-state index in [1.807, 2.05) is 15.9 Å². The van der Waals surface area contributed by atoms with Crippen molar-refractivity contribution >= 4 is 28.7 Å². The predicted molar refractivity (Wildman–Crippen MR) is 133 cm³/mol. The Kier molecular flexibility index (Phi) is 6.48. The first-order valence-corrected chi connectivity index (χ1v) is 12.6. The van der Waals surface area contributed by atoms with Crippen LogP contribution in [0.25, 0.3) is 0 Å². The molecule has 1 amide bonds. The maximum Gasteiger partial charge on any atom is 0.236 e. The van der Waals surface area contributed by atoms with Gasteiger partial charge >= 0.3 is 0 Å². The van der Waals surface area contributed by atoms with Crippen LogP contribution in [0.15, 0.2) is 60.0 Å². The molecule has 0 N–H and O–H groups in total. The molecule has 2 aromatic carbocycles. The maximum atomic E-state index is 14.6. The topological polar surface area (TPSA) is 43.9 Å². The van der Waals surface area contributed by atoms with E-state index in [0.29, 0.717) is 44.0 Å². The zero-order chi connectivity index (χ0) is 23.7. The average molecular weight is 478 g/mol. The third kappa shape index (κ3) is 4.50. The summed E-state index contributed by atoms with van der Waals surface area (Å²) in [5.41, 5.74) is 3.38. The Labute approximate surface area is 203 Å². The zero-order valence-electron chi connectivity index (χ0n) is 19.2. The van der Waals surface area contributed by atoms with Crippen LogP contribution in [0.4, 0.5) is 10.1 Å². The molecule has 2 aliphatic rings. The van der Waals surface area contributed by atoms with Crippen molar-refractivity contribution in [2.24, 2.45) is 0 Å². The number of hydrogen-bond acceptors (Lipinski definition) is 5. The van der Waals surface area contributed by atoms with E-state index in [4.69, 9.17) is 0 Å². The van der Waals surface area contributed by atoms with Crippen molar-refractivity contribution in [3.63, 3.8) is 0 Å². The van der Waals surface area contributed by atoms with E-state index >= 15 is 0 Å². The molecule has 3 heterocycles. The van der Waals surface area contributed by atoms with Crippen molar-refractivity contribution in [2.75, 3.05) is 44.2 Å². The van der Waals surface area contributed by atoms with Crippen molar-refractivity contribution in [1.82, 2.24) is 9.80 Å². The first kappa shape index (κ1) is 22.7. The smallest absolute Gasteiger partial charge is 0.236 e. The molecule has 2 aliphatic heterocycles. The first-order chi connectivity index (χ1) is 16.5. The summed E-state index contributed by atoms with van der Waals surface area (Å²) in [6, 6.07) is 17.3. The lowest BCUT2D eigenvalue weighted by molar-refractivity contribution is -0.133. The Morgan fingerprint density at radius 1 is 1.00 bits per heavy atom. The summed E-state index contributed by atoms with van der Waals surface area (Å²) in [7, 11) is 0. The summed E-state index contributed by atoms with van der Waals surface area (Å²) >= 11 is 1.80. The monoisotopic (exact) mass is 477 g/mol. The van der Waals surface area contributed by atoms with Gasteiger partial charge in [-0.05, 0) is 54.1 Å². The summed E-state index contributed by atoms with van der Waals surface area (Å²) in [5.74, 6) is -0.424. The molecule has 7 heteroatoms. The van der Waals surface area contributed by atoms with Gasteiger partial charge in [-0.15, -0.1) is 11.3 Å². The highest BCUT2D eigenvalue weighted by atomic mass is 32.1. The van der Waals surface area contributed by atoms with E-state index in [2.05, 4.69) is 40.6 Å². The van der Waals surface area contributed by atoms with E-state index in [9.17, 15) is 14.0 Å². The molecule has 1 atom stereocenters. The van der Waals surface area contributed by atoms with E-state index in [-0.39, 0.29) is 17.7 Å². The summed E-state index contributed by atoms with van der Waals surface area (Å²) in [5, 5.41) is 2.15. The molecule has 1 unspecified atom stereocenters. The van der Waals surface area contributed by atoms with Crippen LogP contribution in [0.5, 0.6) is 0 Å². The van der Waals surface area contributed by atoms with Gasteiger partial charge in [-0.1, -0.05) is 30.3 Å². The van der Waals surface area contributed by atoms with Crippen molar-refractivity contribution < 1.29 is 14.0 Å². The van der Waals surface area contributed by atoms with E-state index in [1.54, 1.807) is 23.5 Å². The fraction of sp³-hybridized carbons (Fsp3) is 0.333. The van der Waals surface area contributed by atoms with Gasteiger partial charge in [0.15, 0.2) is 5.78 Å². The van der Waals surface area contributed by atoms with Crippen LogP contribution in [0.2, 0.25) is 0 Å². The van der Waals surface area contributed by atoms with Crippen LogP contribution in [0.3, 0.4) is 0 Å². The number of amides is 1. The van der Waals surface area contributed by atoms with Crippen molar-refractivity contribution in [3.05, 3.63) is 87.4 Å². The van der Waals surface area contributed by atoms with Crippen LogP contribution in [-0.4, -0.2) is 60.8 Å². The number of carbonyl (C=O) groups is 2. The van der Waals surface area contributed by atoms with Crippen LogP contribution < -0.4 is 4.90 Å². The van der Waals surface area contributed by atoms with Gasteiger partial charge in [0, 0.05) is 43.2 Å². The maximum absolute atomic E-state index is 14.6. The molecular weight excluding hydrogens is 449 g/mol. The van der Waals surface area contributed by atoms with E-state index in [1.165, 1.54) is 29.0 Å². The van der Waals surface area contributed by atoms with Gasteiger partial charge in [0.05, 0.1) is 18.3 Å². The average Bonchev–Trinajstić information content (AvgIpc) is 3.33. The van der Waals surface area contributed by atoms with Gasteiger partial charge in [-0.2, -0.15) is 0 Å². The fourth-order valence-electron chi connectivity index (χ4n) is 5.02. The number of rotatable bonds is 5. The Balaban J connectivity index is 1.25. The summed E-state index contributed by atoms with van der Waals surface area (Å²) in [6.07, 6.45) is 0.965. The van der Waals surface area contributed by atoms with Gasteiger partial charge in [-0.3, -0.25) is 14.5 Å². The fourth-order valence-corrected chi connectivity index (χ4v) is 5.92. The first-order valence-electron chi connectivity index (χ1n) is 11.7. The number of anilines is 1. The minimum Gasteiger partial charge on any atom is -0.366 e. The van der Waals surface area contributed by atoms with Crippen LogP contribution >= 0.6 is 11.3 Å². The summed E-state index contributed by atoms with van der Waals surface area (Å²) in [4.78, 5) is 32.3. The third-order valence-electron chi connectivity index (χ3n) is 6.85. The SMILES string of the molecule is CC(=O)c1ccc(N2CCN(C(=O)CN3CCc4sccc4C3c3ccccc3)CC2)c(F)c1. The number of nitrogens with zero attached hydrogens (tertiary/aromatic N) is 3. The molecule has 34 heavy (non-hydrogen) atoms. The highest BCUT2D eigenvalue weighted by Crippen LogP contribution is 2.37. The molecule has 1 fully saturated rings. The molecule has 1 saturated heterocycles. The number of ketones is 1. The van der Waals surface area contributed by atoms with Crippen LogP contribution in [-0.2, 0) is 11.2 Å². The lowest BCUT2D eigenvalue weighted by Crippen LogP contribution is -2.52. The molecule has 5 nitrogen and oxygen atoms in total. The number of piperazine rings is 1. The van der Waals surface area contributed by atoms with Crippen molar-refractivity contribution in [3.8, 4) is 0 Å². The number of hydrogen-bond donors (Lipinski definition) is 0. The molecule has 3 aromatic rings. The molecule has 0 aliphatic carbocycles. The molecular formula is C27H28FN3O2S. The van der Waals surface area contributed by atoms with Crippen molar-refractivity contribution in [1.29, 1.82) is 0 Å². The minimum absolute atomic E-state index is 0.0929. The number of carbonyl (C=O) groups excluding carboxylic acids is 2. The summed E-state index contributed by atoms with van der Waals surface area (Å²) in [6.45, 7) is 4.91. The van der Waals surface area contributed by atoms with Gasteiger partial charge in [-0.25, -0.2) is 4.39 Å². The highest BCUT2D eigenvalue weighted by molar-refractivity contribution is 7.10. The lowest BCUT2D eigenvalue weighted by Gasteiger charge is -2.39. The minimum atomic E-state index is -0.391. The standard InChI is InChI=1S/C27H28FN3O2S/c1-19(32)21-7-8-24(23(28)17-21)29-12-14-30(15-13-29)26(33)18-31-11-9-25-22(10-16-34-25)27(31)20-5-3-2-4-6-20/h2-8,10,16-17,27H,9,11-15,18H2,1H3. The highest BCUT2D eigenvalue weighted by Gasteiger charge is 2.32. The normalized spacial score (nSPS) is 18.6. The van der Waals surface area contributed by atoms with Crippen LogP contribution in [0, 0.1) is 5.82 Å². The molecule has 5 rings (SSSR count). The second kappa shape index (κ2) is 9.68. The second-order valence-electron chi connectivity index (χ2n) is 8.92. The second-order valence-corrected chi connectivity index (χ2v) is 9.92. The Bertz CT molecular complexity index is 1190. The quantitative estimate of drug-likeness (QED) is 0.512. The number of benzene rings is 2. The molecule has 1 aromatic heterocycles. The number of halogens is 1. The van der Waals surface area contributed by atoms with Crippen molar-refractivity contribution in [2.45, 2.75) is 19.4 Å². The molecule has 0 spiro atoms. The largest absolute Gasteiger partial charge is 0.366 e. The molecule has 0 saturated carbocycles. The predicted octanol–water partition coefficient (Wildman–Crippen LogP) is 4.39. The third-order valence-corrected chi connectivity index (χ3v) is 7.84.